The highest BCUT2D eigenvalue weighted by molar-refractivity contribution is 6.15. The summed E-state index contributed by atoms with van der Waals surface area (Å²) in [6.45, 7) is 8.48. The van der Waals surface area contributed by atoms with Gasteiger partial charge < -0.3 is 5.32 Å². The molecule has 144 valence electrons. The molecule has 0 aliphatic carbocycles. The third kappa shape index (κ3) is 2.25. The fourth-order valence-electron chi connectivity index (χ4n) is 5.08. The quantitative estimate of drug-likeness (QED) is 0.798. The van der Waals surface area contributed by atoms with E-state index < -0.39 is 17.4 Å². The lowest BCUT2D eigenvalue weighted by molar-refractivity contribution is -0.143. The Kier molecular flexibility index (Phi) is 4.14. The first-order valence-corrected chi connectivity index (χ1v) is 9.89. The van der Waals surface area contributed by atoms with Crippen LogP contribution in [0.3, 0.4) is 0 Å². The lowest BCUT2D eigenvalue weighted by Gasteiger charge is -2.30. The second-order valence-corrected chi connectivity index (χ2v) is 8.36. The minimum absolute atomic E-state index is 0.126. The summed E-state index contributed by atoms with van der Waals surface area (Å²) in [4.78, 5) is 41.2. The molecule has 6 nitrogen and oxygen atoms in total. The van der Waals surface area contributed by atoms with E-state index in [-0.39, 0.29) is 29.7 Å². The van der Waals surface area contributed by atoms with Crippen molar-refractivity contribution in [2.24, 2.45) is 17.8 Å². The maximum atomic E-state index is 13.4. The zero-order valence-electron chi connectivity index (χ0n) is 16.3. The van der Waals surface area contributed by atoms with Gasteiger partial charge in [0.25, 0.3) is 0 Å². The number of anilines is 1. The minimum atomic E-state index is -1.16. The summed E-state index contributed by atoms with van der Waals surface area (Å²) < 4.78 is 0. The molecule has 3 amide bonds. The third-order valence-corrected chi connectivity index (χ3v) is 6.44. The van der Waals surface area contributed by atoms with Crippen molar-refractivity contribution in [1.82, 2.24) is 10.2 Å². The molecule has 0 saturated carbocycles. The van der Waals surface area contributed by atoms with Crippen LogP contribution in [0.1, 0.15) is 44.7 Å². The number of hydrogen-bond acceptors (Lipinski definition) is 4. The molecule has 2 saturated heterocycles. The predicted molar refractivity (Wildman–Crippen MR) is 102 cm³/mol. The third-order valence-electron chi connectivity index (χ3n) is 6.44. The molecule has 1 spiro atoms. The van der Waals surface area contributed by atoms with E-state index in [9.17, 15) is 14.4 Å². The van der Waals surface area contributed by atoms with Gasteiger partial charge in [-0.05, 0) is 24.8 Å². The molecular weight excluding hydrogens is 342 g/mol. The molecule has 3 heterocycles. The van der Waals surface area contributed by atoms with Crippen molar-refractivity contribution in [2.45, 2.75) is 52.1 Å². The van der Waals surface area contributed by atoms with Gasteiger partial charge in [0.2, 0.25) is 17.7 Å². The van der Waals surface area contributed by atoms with Crippen LogP contribution in [0.15, 0.2) is 18.2 Å². The number of carbonyl (C=O) groups is 3. The highest BCUT2D eigenvalue weighted by Gasteiger charge is 2.70. The highest BCUT2D eigenvalue weighted by Crippen LogP contribution is 2.54. The lowest BCUT2D eigenvalue weighted by Crippen LogP contribution is -2.54. The number of rotatable bonds is 4. The summed E-state index contributed by atoms with van der Waals surface area (Å²) in [7, 11) is 0. The van der Waals surface area contributed by atoms with E-state index in [0.29, 0.717) is 6.54 Å². The zero-order chi connectivity index (χ0) is 19.5. The Hall–Kier alpha value is -2.21. The van der Waals surface area contributed by atoms with Gasteiger partial charge in [0.15, 0.2) is 0 Å². The lowest BCUT2D eigenvalue weighted by atomic mass is 9.75. The molecule has 4 atom stereocenters. The molecule has 1 aromatic carbocycles. The smallest absolute Gasteiger partial charge is 0.250 e. The van der Waals surface area contributed by atoms with Crippen LogP contribution >= 0.6 is 0 Å². The molecule has 0 bridgehead atoms. The number of carbonyl (C=O) groups excluding carboxylic acids is 3. The standard InChI is InChI=1S/C21H27N3O3/c1-5-6-10-24-18(25)14-15(19(24)26)21(23-16(14)11(2)3)13-9-7-8-12(4)17(13)22-20(21)27/h7-9,11,14-16,23H,5-6,10H2,1-4H3,(H,22,27). The summed E-state index contributed by atoms with van der Waals surface area (Å²) in [5.74, 6) is -1.61. The second-order valence-electron chi connectivity index (χ2n) is 8.36. The topological polar surface area (TPSA) is 78.5 Å². The SMILES string of the molecule is CCCCN1C(=O)C2C(C(C)C)NC3(C(=O)Nc4c(C)cccc43)C2C1=O. The van der Waals surface area contributed by atoms with Gasteiger partial charge in [-0.15, -0.1) is 0 Å². The molecule has 3 aliphatic rings. The van der Waals surface area contributed by atoms with Crippen molar-refractivity contribution in [3.8, 4) is 0 Å². The average molecular weight is 369 g/mol. The van der Waals surface area contributed by atoms with Crippen LogP contribution in [-0.2, 0) is 19.9 Å². The van der Waals surface area contributed by atoms with Crippen molar-refractivity contribution in [1.29, 1.82) is 0 Å². The van der Waals surface area contributed by atoms with E-state index in [0.717, 1.165) is 29.7 Å². The number of nitrogens with zero attached hydrogens (tertiary/aromatic N) is 1. The van der Waals surface area contributed by atoms with E-state index in [1.807, 2.05) is 45.9 Å². The molecule has 2 N–H and O–H groups in total. The van der Waals surface area contributed by atoms with E-state index >= 15 is 0 Å². The van der Waals surface area contributed by atoms with Crippen LogP contribution in [0.2, 0.25) is 0 Å². The largest absolute Gasteiger partial charge is 0.324 e. The number of fused-ring (bicyclic) bond motifs is 4. The van der Waals surface area contributed by atoms with Crippen LogP contribution in [0.25, 0.3) is 0 Å². The van der Waals surface area contributed by atoms with Crippen LogP contribution in [0.4, 0.5) is 5.69 Å². The monoisotopic (exact) mass is 369 g/mol. The first-order valence-electron chi connectivity index (χ1n) is 9.89. The Balaban J connectivity index is 1.87. The fourth-order valence-corrected chi connectivity index (χ4v) is 5.08. The number of imide groups is 1. The van der Waals surface area contributed by atoms with E-state index in [2.05, 4.69) is 10.6 Å². The molecule has 2 fully saturated rings. The number of likely N-dealkylation sites (tertiary alicyclic amines) is 1. The van der Waals surface area contributed by atoms with E-state index in [1.54, 1.807) is 0 Å². The predicted octanol–water partition coefficient (Wildman–Crippen LogP) is 2.17. The van der Waals surface area contributed by atoms with Gasteiger partial charge in [0.05, 0.1) is 11.8 Å². The van der Waals surface area contributed by atoms with E-state index in [4.69, 9.17) is 0 Å². The maximum absolute atomic E-state index is 13.4. The van der Waals surface area contributed by atoms with Crippen molar-refractivity contribution < 1.29 is 14.4 Å². The van der Waals surface area contributed by atoms with Gasteiger partial charge in [-0.1, -0.05) is 45.4 Å². The number of hydrogen-bond donors (Lipinski definition) is 2. The van der Waals surface area contributed by atoms with Crippen molar-refractivity contribution >= 4 is 23.4 Å². The minimum Gasteiger partial charge on any atom is -0.324 e. The number of unbranched alkanes of at least 4 members (excludes halogenated alkanes) is 1. The molecule has 1 aromatic rings. The number of nitrogens with one attached hydrogen (secondary N) is 2. The van der Waals surface area contributed by atoms with Crippen LogP contribution in [0.5, 0.6) is 0 Å². The number of benzene rings is 1. The first kappa shape index (κ1) is 18.2. The molecular formula is C21H27N3O3. The van der Waals surface area contributed by atoms with Gasteiger partial charge in [-0.25, -0.2) is 0 Å². The van der Waals surface area contributed by atoms with Crippen molar-refractivity contribution in [3.05, 3.63) is 29.3 Å². The van der Waals surface area contributed by atoms with E-state index in [1.165, 1.54) is 4.90 Å². The summed E-state index contributed by atoms with van der Waals surface area (Å²) in [5.41, 5.74) is 1.37. The van der Waals surface area contributed by atoms with Crippen molar-refractivity contribution in [2.75, 3.05) is 11.9 Å². The number of aryl methyl sites for hydroxylation is 1. The highest BCUT2D eigenvalue weighted by atomic mass is 16.2. The Morgan fingerprint density at radius 2 is 1.93 bits per heavy atom. The van der Waals surface area contributed by atoms with Gasteiger partial charge in [-0.3, -0.25) is 24.6 Å². The van der Waals surface area contributed by atoms with Gasteiger partial charge in [0, 0.05) is 23.8 Å². The summed E-state index contributed by atoms with van der Waals surface area (Å²) in [5, 5.41) is 6.44. The van der Waals surface area contributed by atoms with Crippen LogP contribution in [0, 0.1) is 24.7 Å². The summed E-state index contributed by atoms with van der Waals surface area (Å²) in [6, 6.07) is 5.54. The second kappa shape index (κ2) is 6.16. The molecule has 3 aliphatic heterocycles. The van der Waals surface area contributed by atoms with Crippen LogP contribution < -0.4 is 10.6 Å². The van der Waals surface area contributed by atoms with Gasteiger partial charge >= 0.3 is 0 Å². The van der Waals surface area contributed by atoms with Gasteiger partial charge in [0.1, 0.15) is 5.54 Å². The molecule has 0 aromatic heterocycles. The Morgan fingerprint density at radius 3 is 2.59 bits per heavy atom. The Bertz CT molecular complexity index is 834. The molecule has 4 unspecified atom stereocenters. The number of amides is 3. The first-order chi connectivity index (χ1) is 12.8. The Labute approximate surface area is 159 Å². The molecule has 0 radical (unpaired) electrons. The molecule has 27 heavy (non-hydrogen) atoms. The van der Waals surface area contributed by atoms with Crippen LogP contribution in [-0.4, -0.2) is 35.2 Å². The Morgan fingerprint density at radius 1 is 1.19 bits per heavy atom. The molecule has 4 rings (SSSR count). The number of para-hydroxylation sites is 1. The van der Waals surface area contributed by atoms with Crippen molar-refractivity contribution in [3.63, 3.8) is 0 Å². The summed E-state index contributed by atoms with van der Waals surface area (Å²) in [6.07, 6.45) is 1.69. The van der Waals surface area contributed by atoms with Gasteiger partial charge in [-0.2, -0.15) is 0 Å². The maximum Gasteiger partial charge on any atom is 0.250 e. The summed E-state index contributed by atoms with van der Waals surface area (Å²) >= 11 is 0. The average Bonchev–Trinajstić information content (AvgIpc) is 3.21. The zero-order valence-corrected chi connectivity index (χ0v) is 16.3. The fraction of sp³-hybridized carbons (Fsp3) is 0.571. The molecule has 6 heteroatoms. The normalized spacial score (nSPS) is 31.8.